The highest BCUT2D eigenvalue weighted by molar-refractivity contribution is 8.13. The molecule has 4 heteroatoms. The van der Waals surface area contributed by atoms with Crippen molar-refractivity contribution in [2.24, 2.45) is 10.4 Å². The molecule has 0 fully saturated rings. The summed E-state index contributed by atoms with van der Waals surface area (Å²) >= 11 is 3.75. The number of nitrogens with zero attached hydrogens (tertiary/aromatic N) is 1. The maximum atomic E-state index is 4.72. The van der Waals surface area contributed by atoms with Gasteiger partial charge in [-0.05, 0) is 37.3 Å². The molecular weight excluding hydrogens is 260 g/mol. The van der Waals surface area contributed by atoms with E-state index in [9.17, 15) is 0 Å². The largest absolute Gasteiger partial charge is 0.360 e. The number of hydrogen-bond donors (Lipinski definition) is 1. The molecule has 1 aliphatic heterocycles. The van der Waals surface area contributed by atoms with Gasteiger partial charge in [0.25, 0.3) is 0 Å². The van der Waals surface area contributed by atoms with E-state index in [0.717, 1.165) is 18.3 Å². The first kappa shape index (κ1) is 13.9. The van der Waals surface area contributed by atoms with Crippen LogP contribution >= 0.6 is 23.1 Å². The van der Waals surface area contributed by atoms with Gasteiger partial charge in [0.2, 0.25) is 0 Å². The summed E-state index contributed by atoms with van der Waals surface area (Å²) < 4.78 is 0. The van der Waals surface area contributed by atoms with Gasteiger partial charge in [-0.15, -0.1) is 11.3 Å². The minimum Gasteiger partial charge on any atom is -0.360 e. The van der Waals surface area contributed by atoms with Crippen LogP contribution in [0, 0.1) is 12.3 Å². The first-order chi connectivity index (χ1) is 8.67. The number of rotatable bonds is 4. The second kappa shape index (κ2) is 6.11. The molecule has 2 nitrogen and oxygen atoms in total. The molecule has 0 unspecified atom stereocenters. The number of thiophene rings is 1. The smallest absolute Gasteiger partial charge is 0.156 e. The standard InChI is InChI=1S/C14H22N2S2/c1-4-14(5-2)9-16-13(17-10-14)15-8-12-7-6-11(3)18-12/h6-7H,4-5,8-10H2,1-3H3,(H,15,16). The van der Waals surface area contributed by atoms with Gasteiger partial charge in [0.05, 0.1) is 6.54 Å². The van der Waals surface area contributed by atoms with Crippen molar-refractivity contribution in [2.75, 3.05) is 12.3 Å². The first-order valence-corrected chi connectivity index (χ1v) is 8.44. The molecular formula is C14H22N2S2. The van der Waals surface area contributed by atoms with Crippen LogP contribution in [0.2, 0.25) is 0 Å². The van der Waals surface area contributed by atoms with E-state index in [2.05, 4.69) is 38.2 Å². The van der Waals surface area contributed by atoms with Gasteiger partial charge < -0.3 is 5.32 Å². The molecule has 0 amide bonds. The van der Waals surface area contributed by atoms with Gasteiger partial charge in [-0.1, -0.05) is 25.6 Å². The fourth-order valence-corrected chi connectivity index (χ4v) is 4.18. The maximum absolute atomic E-state index is 4.72. The van der Waals surface area contributed by atoms with Crippen molar-refractivity contribution in [1.82, 2.24) is 5.32 Å². The Morgan fingerprint density at radius 2 is 2.11 bits per heavy atom. The van der Waals surface area contributed by atoms with Crippen LogP contribution in [-0.4, -0.2) is 17.5 Å². The summed E-state index contributed by atoms with van der Waals surface area (Å²) in [5.41, 5.74) is 0.440. The minimum atomic E-state index is 0.440. The zero-order valence-electron chi connectivity index (χ0n) is 11.5. The van der Waals surface area contributed by atoms with Gasteiger partial charge in [-0.25, -0.2) is 0 Å². The van der Waals surface area contributed by atoms with E-state index in [4.69, 9.17) is 4.99 Å². The Labute approximate surface area is 118 Å². The molecule has 0 saturated carbocycles. The number of hydrogen-bond acceptors (Lipinski definition) is 4. The molecule has 0 radical (unpaired) electrons. The molecule has 0 aromatic carbocycles. The highest BCUT2D eigenvalue weighted by atomic mass is 32.2. The summed E-state index contributed by atoms with van der Waals surface area (Å²) in [5.74, 6) is 1.20. The van der Waals surface area contributed by atoms with Crippen LogP contribution in [0.15, 0.2) is 17.1 Å². The Balaban J connectivity index is 1.87. The van der Waals surface area contributed by atoms with Gasteiger partial charge >= 0.3 is 0 Å². The monoisotopic (exact) mass is 282 g/mol. The van der Waals surface area contributed by atoms with Gasteiger partial charge in [0.15, 0.2) is 5.17 Å². The summed E-state index contributed by atoms with van der Waals surface area (Å²) in [6.07, 6.45) is 2.47. The molecule has 0 bridgehead atoms. The maximum Gasteiger partial charge on any atom is 0.156 e. The van der Waals surface area contributed by atoms with Crippen molar-refractivity contribution in [2.45, 2.75) is 40.2 Å². The van der Waals surface area contributed by atoms with E-state index < -0.39 is 0 Å². The summed E-state index contributed by atoms with van der Waals surface area (Å²) in [5, 5.41) is 4.58. The quantitative estimate of drug-likeness (QED) is 0.900. The third kappa shape index (κ3) is 3.29. The fraction of sp³-hybridized carbons (Fsp3) is 0.643. The zero-order valence-corrected chi connectivity index (χ0v) is 13.1. The molecule has 1 aromatic rings. The molecule has 0 aliphatic carbocycles. The Morgan fingerprint density at radius 3 is 2.61 bits per heavy atom. The molecule has 1 aliphatic rings. The Kier molecular flexibility index (Phi) is 4.73. The average Bonchev–Trinajstić information content (AvgIpc) is 2.83. The Hall–Kier alpha value is -0.480. The number of amidine groups is 1. The average molecular weight is 282 g/mol. The fourth-order valence-electron chi connectivity index (χ4n) is 2.08. The van der Waals surface area contributed by atoms with Crippen molar-refractivity contribution in [3.63, 3.8) is 0 Å². The molecule has 1 aromatic heterocycles. The van der Waals surface area contributed by atoms with Crippen LogP contribution < -0.4 is 5.32 Å². The number of aryl methyl sites for hydroxylation is 1. The first-order valence-electron chi connectivity index (χ1n) is 6.64. The molecule has 2 heterocycles. The molecule has 0 spiro atoms. The second-order valence-corrected chi connectivity index (χ2v) is 7.32. The Morgan fingerprint density at radius 1 is 1.33 bits per heavy atom. The van der Waals surface area contributed by atoms with E-state index in [0.29, 0.717) is 5.41 Å². The third-order valence-electron chi connectivity index (χ3n) is 3.78. The van der Waals surface area contributed by atoms with Gasteiger partial charge in [0.1, 0.15) is 0 Å². The molecule has 2 rings (SSSR count). The lowest BCUT2D eigenvalue weighted by molar-refractivity contribution is 0.318. The number of aliphatic imine (C=N–C) groups is 1. The summed E-state index contributed by atoms with van der Waals surface area (Å²) in [6, 6.07) is 4.38. The van der Waals surface area contributed by atoms with Crippen molar-refractivity contribution < 1.29 is 0 Å². The van der Waals surface area contributed by atoms with E-state index in [-0.39, 0.29) is 0 Å². The van der Waals surface area contributed by atoms with E-state index >= 15 is 0 Å². The molecule has 0 atom stereocenters. The second-order valence-electron chi connectivity index (χ2n) is 4.98. The summed E-state index contributed by atoms with van der Waals surface area (Å²) in [7, 11) is 0. The Bertz CT molecular complexity index is 419. The minimum absolute atomic E-state index is 0.440. The molecule has 100 valence electrons. The third-order valence-corrected chi connectivity index (χ3v) is 6.09. The van der Waals surface area contributed by atoms with E-state index in [1.165, 1.54) is 28.3 Å². The summed E-state index contributed by atoms with van der Waals surface area (Å²) in [4.78, 5) is 7.48. The van der Waals surface area contributed by atoms with Crippen LogP contribution in [-0.2, 0) is 6.54 Å². The topological polar surface area (TPSA) is 24.4 Å². The predicted octanol–water partition coefficient (Wildman–Crippen LogP) is 4.06. The van der Waals surface area contributed by atoms with Crippen molar-refractivity contribution in [1.29, 1.82) is 0 Å². The zero-order chi connectivity index (χ0) is 13.0. The van der Waals surface area contributed by atoms with Crippen LogP contribution in [0.25, 0.3) is 0 Å². The van der Waals surface area contributed by atoms with Crippen molar-refractivity contribution in [3.05, 3.63) is 21.9 Å². The van der Waals surface area contributed by atoms with Gasteiger partial charge in [-0.2, -0.15) is 0 Å². The van der Waals surface area contributed by atoms with E-state index in [1.807, 2.05) is 23.1 Å². The summed E-state index contributed by atoms with van der Waals surface area (Å²) in [6.45, 7) is 8.62. The normalized spacial score (nSPS) is 18.5. The van der Waals surface area contributed by atoms with Crippen LogP contribution in [0.1, 0.15) is 36.4 Å². The number of nitrogens with one attached hydrogen (secondary N) is 1. The van der Waals surface area contributed by atoms with Crippen molar-refractivity contribution in [3.8, 4) is 0 Å². The molecule has 1 N–H and O–H groups in total. The van der Waals surface area contributed by atoms with Crippen molar-refractivity contribution >= 4 is 28.3 Å². The van der Waals surface area contributed by atoms with Crippen LogP contribution in [0.3, 0.4) is 0 Å². The highest BCUT2D eigenvalue weighted by Crippen LogP contribution is 2.34. The molecule has 18 heavy (non-hydrogen) atoms. The highest BCUT2D eigenvalue weighted by Gasteiger charge is 2.29. The number of thioether (sulfide) groups is 1. The van der Waals surface area contributed by atoms with Gasteiger partial charge in [0, 0.05) is 22.1 Å². The SMILES string of the molecule is CCC1(CC)CN=C(NCc2ccc(C)s2)SC1. The van der Waals surface area contributed by atoms with E-state index in [1.54, 1.807) is 0 Å². The van der Waals surface area contributed by atoms with Crippen LogP contribution in [0.4, 0.5) is 0 Å². The predicted molar refractivity (Wildman–Crippen MR) is 83.7 cm³/mol. The van der Waals surface area contributed by atoms with Gasteiger partial charge in [-0.3, -0.25) is 4.99 Å². The lowest BCUT2D eigenvalue weighted by Gasteiger charge is -2.33. The lowest BCUT2D eigenvalue weighted by atomic mass is 9.84. The van der Waals surface area contributed by atoms with Crippen LogP contribution in [0.5, 0.6) is 0 Å². The lowest BCUT2D eigenvalue weighted by Crippen LogP contribution is -2.34. The molecule has 0 saturated heterocycles.